The lowest BCUT2D eigenvalue weighted by Gasteiger charge is -2.29. The molecule has 2 rings (SSSR count). The summed E-state index contributed by atoms with van der Waals surface area (Å²) in [5, 5.41) is 0. The maximum Gasteiger partial charge on any atom is 0.194 e. The van der Waals surface area contributed by atoms with Gasteiger partial charge >= 0.3 is 0 Å². The van der Waals surface area contributed by atoms with E-state index in [1.807, 2.05) is 0 Å². The van der Waals surface area contributed by atoms with E-state index in [1.54, 1.807) is 0 Å². The molecule has 1 aliphatic carbocycles. The molecule has 0 radical (unpaired) electrons. The summed E-state index contributed by atoms with van der Waals surface area (Å²) in [6.45, 7) is 7.35. The Morgan fingerprint density at radius 3 is 2.69 bits per heavy atom. The molecule has 0 aromatic heterocycles. The maximum absolute atomic E-state index is 5.63. The van der Waals surface area contributed by atoms with E-state index in [1.165, 1.54) is 0 Å². The molecule has 2 aliphatic rings. The molecule has 0 spiro atoms. The van der Waals surface area contributed by atoms with Gasteiger partial charge in [0.1, 0.15) is 6.61 Å². The highest BCUT2D eigenvalue weighted by Crippen LogP contribution is 2.37. The molecule has 0 aromatic rings. The number of aliphatic imine (C=N–C) groups is 1. The molecule has 2 nitrogen and oxygen atoms in total. The summed E-state index contributed by atoms with van der Waals surface area (Å²) < 4.78 is 5.63. The highest BCUT2D eigenvalue weighted by atomic mass is 16.5. The van der Waals surface area contributed by atoms with Gasteiger partial charge in [-0.15, -0.1) is 0 Å². The van der Waals surface area contributed by atoms with E-state index in [9.17, 15) is 0 Å². The predicted molar refractivity (Wildman–Crippen MR) is 53.9 cm³/mol. The minimum Gasteiger partial charge on any atom is -0.478 e. The third kappa shape index (κ3) is 1.38. The highest BCUT2D eigenvalue weighted by molar-refractivity contribution is 5.87. The topological polar surface area (TPSA) is 21.6 Å². The van der Waals surface area contributed by atoms with Crippen molar-refractivity contribution in [3.05, 3.63) is 12.2 Å². The van der Waals surface area contributed by atoms with Crippen molar-refractivity contribution in [2.45, 2.75) is 33.2 Å². The van der Waals surface area contributed by atoms with Crippen molar-refractivity contribution in [1.29, 1.82) is 0 Å². The minimum absolute atomic E-state index is 0.115. The van der Waals surface area contributed by atoms with Crippen molar-refractivity contribution < 1.29 is 4.74 Å². The van der Waals surface area contributed by atoms with Gasteiger partial charge in [0.05, 0.1) is 11.5 Å². The summed E-state index contributed by atoms with van der Waals surface area (Å²) in [4.78, 5) is 4.62. The Morgan fingerprint density at radius 2 is 2.31 bits per heavy atom. The second-order valence-electron chi connectivity index (χ2n) is 4.58. The van der Waals surface area contributed by atoms with Gasteiger partial charge in [-0.3, -0.25) is 0 Å². The molecule has 0 bridgehead atoms. The van der Waals surface area contributed by atoms with E-state index in [2.05, 4.69) is 37.9 Å². The Labute approximate surface area is 79.7 Å². The summed E-state index contributed by atoms with van der Waals surface area (Å²) in [6.07, 6.45) is 5.44. The number of nitrogens with zero attached hydrogens (tertiary/aromatic N) is 1. The summed E-state index contributed by atoms with van der Waals surface area (Å²) in [7, 11) is 0. The predicted octanol–water partition coefficient (Wildman–Crippen LogP) is 2.41. The molecule has 2 heteroatoms. The van der Waals surface area contributed by atoms with E-state index in [0.717, 1.165) is 18.9 Å². The van der Waals surface area contributed by atoms with Crippen LogP contribution >= 0.6 is 0 Å². The van der Waals surface area contributed by atoms with Crippen molar-refractivity contribution in [1.82, 2.24) is 0 Å². The van der Waals surface area contributed by atoms with Gasteiger partial charge in [0.2, 0.25) is 0 Å². The fourth-order valence-electron chi connectivity index (χ4n) is 1.67. The van der Waals surface area contributed by atoms with Crippen LogP contribution in [-0.2, 0) is 4.74 Å². The number of hydrogen-bond donors (Lipinski definition) is 0. The maximum atomic E-state index is 5.63. The molecule has 2 atom stereocenters. The van der Waals surface area contributed by atoms with Crippen LogP contribution in [0.2, 0.25) is 0 Å². The third-order valence-electron chi connectivity index (χ3n) is 2.96. The van der Waals surface area contributed by atoms with Gasteiger partial charge in [-0.05, 0) is 19.3 Å². The van der Waals surface area contributed by atoms with E-state index < -0.39 is 0 Å². The lowest BCUT2D eigenvalue weighted by atomic mass is 9.78. The fourth-order valence-corrected chi connectivity index (χ4v) is 1.67. The summed E-state index contributed by atoms with van der Waals surface area (Å²) >= 11 is 0. The number of hydrogen-bond acceptors (Lipinski definition) is 2. The van der Waals surface area contributed by atoms with Crippen LogP contribution in [0.25, 0.3) is 0 Å². The Morgan fingerprint density at radius 1 is 1.62 bits per heavy atom. The molecular formula is C11H17NO. The molecule has 1 heterocycles. The van der Waals surface area contributed by atoms with Gasteiger partial charge in [-0.25, -0.2) is 4.99 Å². The zero-order valence-electron chi connectivity index (χ0n) is 8.58. The van der Waals surface area contributed by atoms with Gasteiger partial charge < -0.3 is 4.74 Å². The molecule has 0 fully saturated rings. The second kappa shape index (κ2) is 2.86. The van der Waals surface area contributed by atoms with Gasteiger partial charge in [-0.2, -0.15) is 0 Å². The minimum atomic E-state index is 0.115. The molecule has 0 saturated carbocycles. The van der Waals surface area contributed by atoms with Gasteiger partial charge in [0.15, 0.2) is 5.90 Å². The van der Waals surface area contributed by atoms with Crippen molar-refractivity contribution in [3.8, 4) is 0 Å². The number of ether oxygens (including phenoxy) is 1. The smallest absolute Gasteiger partial charge is 0.194 e. The molecule has 0 aromatic carbocycles. The van der Waals surface area contributed by atoms with Crippen LogP contribution in [0.1, 0.15) is 27.2 Å². The van der Waals surface area contributed by atoms with Crippen LogP contribution in [0.3, 0.4) is 0 Å². The third-order valence-corrected chi connectivity index (χ3v) is 2.96. The van der Waals surface area contributed by atoms with Crippen molar-refractivity contribution >= 4 is 5.90 Å². The highest BCUT2D eigenvalue weighted by Gasteiger charge is 2.37. The molecule has 1 unspecified atom stereocenters. The van der Waals surface area contributed by atoms with Crippen molar-refractivity contribution in [3.63, 3.8) is 0 Å². The quantitative estimate of drug-likeness (QED) is 0.596. The van der Waals surface area contributed by atoms with Gasteiger partial charge in [0, 0.05) is 0 Å². The first-order valence-electron chi connectivity index (χ1n) is 5.00. The van der Waals surface area contributed by atoms with Crippen LogP contribution in [-0.4, -0.2) is 18.5 Å². The first kappa shape index (κ1) is 8.79. The van der Waals surface area contributed by atoms with Crippen LogP contribution < -0.4 is 0 Å². The van der Waals surface area contributed by atoms with Crippen molar-refractivity contribution in [2.24, 2.45) is 16.3 Å². The van der Waals surface area contributed by atoms with Crippen LogP contribution in [0.15, 0.2) is 17.1 Å². The molecule has 0 N–H and O–H groups in total. The van der Waals surface area contributed by atoms with Crippen LogP contribution in [0.5, 0.6) is 0 Å². The zero-order valence-corrected chi connectivity index (χ0v) is 8.58. The normalized spacial score (nSPS) is 37.2. The van der Waals surface area contributed by atoms with Crippen LogP contribution in [0.4, 0.5) is 0 Å². The van der Waals surface area contributed by atoms with E-state index in [0.29, 0.717) is 12.0 Å². The summed E-state index contributed by atoms with van der Waals surface area (Å²) in [5.41, 5.74) is 0.115. The Balaban J connectivity index is 2.10. The summed E-state index contributed by atoms with van der Waals surface area (Å²) in [6, 6.07) is 0.376. The zero-order chi connectivity index (χ0) is 9.47. The summed E-state index contributed by atoms with van der Waals surface area (Å²) in [5.74, 6) is 1.54. The number of rotatable bonds is 2. The largest absolute Gasteiger partial charge is 0.478 e. The van der Waals surface area contributed by atoms with E-state index >= 15 is 0 Å². The SMILES string of the molecule is CC(C)[C@@H]1COC(C2(C)C=CC2)=N1. The van der Waals surface area contributed by atoms with Gasteiger partial charge in [-0.1, -0.05) is 26.0 Å². The Bertz CT molecular complexity index is 267. The average Bonchev–Trinajstić information content (AvgIpc) is 2.48. The van der Waals surface area contributed by atoms with Crippen LogP contribution in [0, 0.1) is 11.3 Å². The molecule has 0 saturated heterocycles. The fraction of sp³-hybridized carbons (Fsp3) is 0.727. The monoisotopic (exact) mass is 179 g/mol. The van der Waals surface area contributed by atoms with E-state index in [-0.39, 0.29) is 5.41 Å². The number of allylic oxidation sites excluding steroid dienone is 1. The van der Waals surface area contributed by atoms with Crippen molar-refractivity contribution in [2.75, 3.05) is 6.61 Å². The first-order chi connectivity index (χ1) is 6.12. The van der Waals surface area contributed by atoms with Gasteiger partial charge in [0.25, 0.3) is 0 Å². The Hall–Kier alpha value is -0.790. The average molecular weight is 179 g/mol. The first-order valence-corrected chi connectivity index (χ1v) is 5.00. The molecule has 0 amide bonds. The molecule has 72 valence electrons. The lowest BCUT2D eigenvalue weighted by molar-refractivity contribution is 0.263. The molecule has 13 heavy (non-hydrogen) atoms. The van der Waals surface area contributed by atoms with E-state index in [4.69, 9.17) is 4.74 Å². The molecular weight excluding hydrogens is 162 g/mol. The lowest BCUT2D eigenvalue weighted by Crippen LogP contribution is -2.29. The Kier molecular flexibility index (Phi) is 1.94. The second-order valence-corrected chi connectivity index (χ2v) is 4.58. The standard InChI is InChI=1S/C11H17NO/c1-8(2)9-7-13-10(12-9)11(3)5-4-6-11/h4-5,8-9H,6-7H2,1-3H3/t9-,11?/m0/s1. The molecule has 1 aliphatic heterocycles.